The summed E-state index contributed by atoms with van der Waals surface area (Å²) in [6.45, 7) is 5.27. The van der Waals surface area contributed by atoms with Crippen LogP contribution in [0.4, 0.5) is 11.4 Å². The number of hydrogen-bond donors (Lipinski definition) is 2. The number of aromatic nitrogens is 2. The fourth-order valence-electron chi connectivity index (χ4n) is 3.38. The van der Waals surface area contributed by atoms with Crippen LogP contribution in [0.3, 0.4) is 0 Å². The van der Waals surface area contributed by atoms with Crippen LogP contribution in [0.2, 0.25) is 0 Å². The molecule has 34 heavy (non-hydrogen) atoms. The topological polar surface area (TPSA) is 97.6 Å². The van der Waals surface area contributed by atoms with E-state index in [-0.39, 0.29) is 29.7 Å². The van der Waals surface area contributed by atoms with E-state index in [0.717, 1.165) is 5.56 Å². The third kappa shape index (κ3) is 5.31. The fraction of sp³-hybridized carbons (Fsp3) is 0.320. The van der Waals surface area contributed by atoms with E-state index in [9.17, 15) is 14.4 Å². The van der Waals surface area contributed by atoms with Crippen molar-refractivity contribution < 1.29 is 14.3 Å². The first-order valence-corrected chi connectivity index (χ1v) is 10.9. The molecule has 0 saturated carbocycles. The minimum absolute atomic E-state index is 0.117. The maximum absolute atomic E-state index is 13.1. The van der Waals surface area contributed by atoms with Gasteiger partial charge in [0.15, 0.2) is 6.61 Å². The summed E-state index contributed by atoms with van der Waals surface area (Å²) >= 11 is 0. The van der Waals surface area contributed by atoms with Gasteiger partial charge in [0.25, 0.3) is 11.5 Å². The molecule has 0 aliphatic rings. The molecule has 3 aromatic rings. The van der Waals surface area contributed by atoms with Crippen LogP contribution in [0.5, 0.6) is 5.75 Å². The number of nitrogens with one attached hydrogen (secondary N) is 2. The van der Waals surface area contributed by atoms with E-state index in [1.54, 1.807) is 51.8 Å². The van der Waals surface area contributed by atoms with Crippen LogP contribution >= 0.6 is 0 Å². The number of carbonyl (C=O) groups is 2. The maximum Gasteiger partial charge on any atom is 0.295 e. The Hall–Kier alpha value is -4.01. The Bertz CT molecular complexity index is 1240. The molecule has 1 aromatic heterocycles. The van der Waals surface area contributed by atoms with E-state index in [4.69, 9.17) is 4.74 Å². The second-order valence-electron chi connectivity index (χ2n) is 8.37. The minimum atomic E-state index is -0.682. The van der Waals surface area contributed by atoms with Gasteiger partial charge in [0.2, 0.25) is 5.91 Å². The van der Waals surface area contributed by atoms with Gasteiger partial charge in [-0.1, -0.05) is 24.3 Å². The highest BCUT2D eigenvalue weighted by atomic mass is 16.5. The van der Waals surface area contributed by atoms with Crippen LogP contribution in [-0.2, 0) is 16.6 Å². The van der Waals surface area contributed by atoms with Crippen molar-refractivity contribution in [2.75, 3.05) is 31.3 Å². The van der Waals surface area contributed by atoms with Gasteiger partial charge in [-0.15, -0.1) is 0 Å². The third-order valence-corrected chi connectivity index (χ3v) is 5.55. The van der Waals surface area contributed by atoms with Gasteiger partial charge < -0.3 is 20.3 Å². The second kappa shape index (κ2) is 10.3. The average molecular weight is 466 g/mol. The third-order valence-electron chi connectivity index (χ3n) is 5.55. The molecule has 0 aliphatic carbocycles. The summed E-state index contributed by atoms with van der Waals surface area (Å²) in [6.07, 6.45) is 0. The normalized spacial score (nSPS) is 11.6. The molecule has 0 saturated heterocycles. The number of ether oxygens (including phenoxy) is 1. The largest absolute Gasteiger partial charge is 0.482 e. The number of likely N-dealkylation sites (N-methyl/N-ethyl adjacent to an activating group) is 1. The number of nitrogens with zero attached hydrogens (tertiary/aromatic N) is 3. The van der Waals surface area contributed by atoms with E-state index in [1.165, 1.54) is 9.58 Å². The molecule has 180 valence electrons. The van der Waals surface area contributed by atoms with Crippen molar-refractivity contribution in [1.29, 1.82) is 0 Å². The highest BCUT2D eigenvalue weighted by Gasteiger charge is 2.22. The second-order valence-corrected chi connectivity index (χ2v) is 8.37. The highest BCUT2D eigenvalue weighted by molar-refractivity contribution is 5.96. The molecule has 0 aliphatic heterocycles. The van der Waals surface area contributed by atoms with E-state index in [1.807, 2.05) is 43.3 Å². The van der Waals surface area contributed by atoms with Crippen LogP contribution in [0.25, 0.3) is 5.69 Å². The molecule has 1 heterocycles. The fourth-order valence-corrected chi connectivity index (χ4v) is 3.38. The molecule has 3 rings (SSSR count). The Morgan fingerprint density at radius 3 is 2.41 bits per heavy atom. The van der Waals surface area contributed by atoms with Gasteiger partial charge in [0.1, 0.15) is 17.5 Å². The first-order chi connectivity index (χ1) is 16.1. The highest BCUT2D eigenvalue weighted by Crippen LogP contribution is 2.27. The molecule has 2 amide bonds. The number of hydrogen-bond acceptors (Lipinski definition) is 5. The molecule has 0 spiro atoms. The Labute approximate surface area is 198 Å². The predicted octanol–water partition coefficient (Wildman–Crippen LogP) is 2.70. The summed E-state index contributed by atoms with van der Waals surface area (Å²) in [4.78, 5) is 39.4. The van der Waals surface area contributed by atoms with Gasteiger partial charge in [0.05, 0.1) is 17.1 Å². The van der Waals surface area contributed by atoms with Crippen LogP contribution in [0, 0.1) is 13.8 Å². The lowest BCUT2D eigenvalue weighted by atomic mass is 10.2. The lowest BCUT2D eigenvalue weighted by molar-refractivity contribution is -0.130. The van der Waals surface area contributed by atoms with E-state index >= 15 is 0 Å². The molecule has 1 atom stereocenters. The molecule has 9 nitrogen and oxygen atoms in total. The molecular formula is C25H31N5O4. The summed E-state index contributed by atoms with van der Waals surface area (Å²) < 4.78 is 8.92. The van der Waals surface area contributed by atoms with Crippen LogP contribution in [0.15, 0.2) is 53.3 Å². The standard InChI is InChI=1S/C25H31N5O4/c1-16-12-13-20(21(14-16)34-15-22(31)28(4)5)26-17(2)24(32)27-23-18(3)29(6)30(25(23)33)19-10-8-7-9-11-19/h7-14,17,26H,15H2,1-6H3,(H,27,32). The van der Waals surface area contributed by atoms with Gasteiger partial charge in [0, 0.05) is 21.1 Å². The van der Waals surface area contributed by atoms with Crippen molar-refractivity contribution in [2.24, 2.45) is 7.05 Å². The number of para-hydroxylation sites is 1. The molecule has 0 fully saturated rings. The quantitative estimate of drug-likeness (QED) is 0.533. The number of aryl methyl sites for hydroxylation is 1. The van der Waals surface area contributed by atoms with Gasteiger partial charge in [-0.25, -0.2) is 4.68 Å². The van der Waals surface area contributed by atoms with Crippen molar-refractivity contribution in [1.82, 2.24) is 14.3 Å². The molecule has 2 aromatic carbocycles. The number of rotatable bonds is 8. The first kappa shape index (κ1) is 24.6. The summed E-state index contributed by atoms with van der Waals surface area (Å²) in [5.74, 6) is -0.0772. The number of anilines is 2. The van der Waals surface area contributed by atoms with Crippen molar-refractivity contribution in [3.63, 3.8) is 0 Å². The molecule has 0 bridgehead atoms. The minimum Gasteiger partial charge on any atom is -0.482 e. The SMILES string of the molecule is Cc1ccc(NC(C)C(=O)Nc2c(C)n(C)n(-c3ccccc3)c2=O)c(OCC(=O)N(C)C)c1. The molecular weight excluding hydrogens is 434 g/mol. The first-order valence-electron chi connectivity index (χ1n) is 10.9. The monoisotopic (exact) mass is 465 g/mol. The van der Waals surface area contributed by atoms with E-state index < -0.39 is 6.04 Å². The number of amides is 2. The Morgan fingerprint density at radius 1 is 1.09 bits per heavy atom. The maximum atomic E-state index is 13.1. The van der Waals surface area contributed by atoms with Crippen molar-refractivity contribution in [2.45, 2.75) is 26.8 Å². The van der Waals surface area contributed by atoms with Crippen molar-refractivity contribution in [3.05, 3.63) is 70.1 Å². The van der Waals surface area contributed by atoms with Gasteiger partial charge in [-0.2, -0.15) is 0 Å². The smallest absolute Gasteiger partial charge is 0.295 e. The van der Waals surface area contributed by atoms with Gasteiger partial charge in [-0.05, 0) is 50.6 Å². The Morgan fingerprint density at radius 2 is 1.76 bits per heavy atom. The zero-order chi connectivity index (χ0) is 25.0. The van der Waals surface area contributed by atoms with Crippen molar-refractivity contribution >= 4 is 23.2 Å². The summed E-state index contributed by atoms with van der Waals surface area (Å²) in [6, 6.07) is 14.0. The van der Waals surface area contributed by atoms with Gasteiger partial charge >= 0.3 is 0 Å². The molecule has 1 unspecified atom stereocenters. The van der Waals surface area contributed by atoms with E-state index in [2.05, 4.69) is 10.6 Å². The zero-order valence-corrected chi connectivity index (χ0v) is 20.4. The summed E-state index contributed by atoms with van der Waals surface area (Å²) in [5, 5.41) is 5.89. The Kier molecular flexibility index (Phi) is 7.45. The van der Waals surface area contributed by atoms with Gasteiger partial charge in [-0.3, -0.25) is 19.1 Å². The Balaban J connectivity index is 1.78. The molecule has 0 radical (unpaired) electrons. The average Bonchev–Trinajstić information content (AvgIpc) is 3.02. The van der Waals surface area contributed by atoms with Crippen molar-refractivity contribution in [3.8, 4) is 11.4 Å². The summed E-state index contributed by atoms with van der Waals surface area (Å²) in [7, 11) is 5.09. The lowest BCUT2D eigenvalue weighted by Crippen LogP contribution is -2.34. The van der Waals surface area contributed by atoms with Crippen LogP contribution in [-0.4, -0.2) is 52.8 Å². The molecule has 2 N–H and O–H groups in total. The lowest BCUT2D eigenvalue weighted by Gasteiger charge is -2.19. The zero-order valence-electron chi connectivity index (χ0n) is 20.4. The predicted molar refractivity (Wildman–Crippen MR) is 133 cm³/mol. The van der Waals surface area contributed by atoms with Crippen LogP contribution in [0.1, 0.15) is 18.2 Å². The van der Waals surface area contributed by atoms with Crippen LogP contribution < -0.4 is 20.9 Å². The number of carbonyl (C=O) groups excluding carboxylic acids is 2. The molecule has 9 heteroatoms. The van der Waals surface area contributed by atoms with E-state index in [0.29, 0.717) is 22.8 Å². The number of benzene rings is 2. The summed E-state index contributed by atoms with van der Waals surface area (Å²) in [5.41, 5.74) is 2.78.